The molecule has 0 aliphatic carbocycles. The molecule has 0 unspecified atom stereocenters. The number of carbonyl (C=O) groups is 4. The molecule has 87 heavy (non-hydrogen) atoms. The minimum Gasteiger partial charge on any atom is -0.457 e. The number of furan rings is 2. The van der Waals surface area contributed by atoms with E-state index in [2.05, 4.69) is 21.3 Å². The van der Waals surface area contributed by atoms with Crippen molar-refractivity contribution in [1.82, 2.24) is 21.3 Å². The maximum absolute atomic E-state index is 13.6. The van der Waals surface area contributed by atoms with Gasteiger partial charge in [0, 0.05) is 101 Å². The first-order valence-electron chi connectivity index (χ1n) is 27.7. The van der Waals surface area contributed by atoms with Crippen LogP contribution in [0.5, 0.6) is 11.5 Å². The van der Waals surface area contributed by atoms with E-state index in [1.165, 1.54) is 59.1 Å². The van der Waals surface area contributed by atoms with Gasteiger partial charge in [-0.3, -0.25) is 27.8 Å². The van der Waals surface area contributed by atoms with Gasteiger partial charge in [0.2, 0.25) is 20.0 Å². The van der Waals surface area contributed by atoms with Crippen LogP contribution in [-0.2, 0) is 20.0 Å². The fourth-order valence-electron chi connectivity index (χ4n) is 9.84. The standard InChI is InChI=1S/C36H36FN3O6S.C30H32FN3O5S/c1-7-40(47(6,43)44)30-21-31-29(20-28(30)23-10-8-11-24(18-23)34(41)39-36(2,3)4)32(35(42)38-5)33(46-31)22-14-16-26(17-15-22)45-27-13-9-12-25(37)19-27;1-7-34(40(6,37)38)24-17-25-23(26(29(36)32-5)27(39-25)18-11-13-21(31)14-12-18)16-22(24)19-9-8-10-20(15-19)28(35)33-30(2,3)4/h8-21H,7H2,1-6H3,(H,38,42)(H,39,41);8-17H,7H2,1-6H3,(H,32,36)(H,33,35). The molecule has 0 saturated carbocycles. The minimum atomic E-state index is -3.73. The van der Waals surface area contributed by atoms with E-state index < -0.39 is 54.6 Å². The highest BCUT2D eigenvalue weighted by Gasteiger charge is 2.30. The normalized spacial score (nSPS) is 11.8. The quantitative estimate of drug-likeness (QED) is 0.0711. The van der Waals surface area contributed by atoms with Crippen LogP contribution in [0.4, 0.5) is 20.2 Å². The number of anilines is 2. The number of amides is 4. The Morgan fingerprint density at radius 2 is 0.885 bits per heavy atom. The molecule has 17 nitrogen and oxygen atoms in total. The van der Waals surface area contributed by atoms with Crippen molar-refractivity contribution in [2.24, 2.45) is 0 Å². The summed E-state index contributed by atoms with van der Waals surface area (Å²) in [6.07, 6.45) is 2.23. The van der Waals surface area contributed by atoms with Crippen molar-refractivity contribution in [2.45, 2.75) is 66.5 Å². The van der Waals surface area contributed by atoms with E-state index >= 15 is 0 Å². The van der Waals surface area contributed by atoms with Crippen LogP contribution in [-0.4, -0.2) is 91.2 Å². The van der Waals surface area contributed by atoms with Gasteiger partial charge in [0.05, 0.1) is 35.0 Å². The molecule has 4 N–H and O–H groups in total. The summed E-state index contributed by atoms with van der Waals surface area (Å²) in [6.45, 7) is 15.0. The Bertz CT molecular complexity index is 4340. The molecule has 0 spiro atoms. The zero-order valence-corrected chi connectivity index (χ0v) is 51.9. The fourth-order valence-corrected chi connectivity index (χ4v) is 11.8. The maximum Gasteiger partial charge on any atom is 0.255 e. The van der Waals surface area contributed by atoms with Gasteiger partial charge in [-0.25, -0.2) is 25.6 Å². The number of rotatable bonds is 16. The van der Waals surface area contributed by atoms with Gasteiger partial charge in [-0.2, -0.15) is 0 Å². The number of ether oxygens (including phenoxy) is 1. The van der Waals surface area contributed by atoms with Crippen molar-refractivity contribution in [3.05, 3.63) is 179 Å². The Morgan fingerprint density at radius 1 is 0.483 bits per heavy atom. The van der Waals surface area contributed by atoms with Crippen LogP contribution in [0.3, 0.4) is 0 Å². The van der Waals surface area contributed by atoms with Crippen LogP contribution in [0.25, 0.3) is 66.8 Å². The van der Waals surface area contributed by atoms with E-state index in [4.69, 9.17) is 13.6 Å². The molecule has 0 saturated heterocycles. The summed E-state index contributed by atoms with van der Waals surface area (Å²) in [5.74, 6) is -0.988. The van der Waals surface area contributed by atoms with Crippen LogP contribution < -0.4 is 34.6 Å². The lowest BCUT2D eigenvalue weighted by Crippen LogP contribution is -2.40. The first-order valence-corrected chi connectivity index (χ1v) is 31.4. The number of nitrogens with zero attached hydrogens (tertiary/aromatic N) is 2. The monoisotopic (exact) mass is 1220 g/mol. The Morgan fingerprint density at radius 3 is 1.25 bits per heavy atom. The van der Waals surface area contributed by atoms with Gasteiger partial charge >= 0.3 is 0 Å². The lowest BCUT2D eigenvalue weighted by atomic mass is 9.97. The molecule has 0 aliphatic rings. The zero-order chi connectivity index (χ0) is 63.5. The summed E-state index contributed by atoms with van der Waals surface area (Å²) in [5.41, 5.74) is 4.75. The van der Waals surface area contributed by atoms with Crippen molar-refractivity contribution in [3.63, 3.8) is 0 Å². The van der Waals surface area contributed by atoms with Crippen LogP contribution in [0.15, 0.2) is 154 Å². The minimum absolute atomic E-state index is 0.129. The number of nitrogens with one attached hydrogen (secondary N) is 4. The van der Waals surface area contributed by atoms with Crippen LogP contribution in [0.1, 0.15) is 96.8 Å². The topological polar surface area (TPSA) is 227 Å². The smallest absolute Gasteiger partial charge is 0.255 e. The molecular weight excluding hydrogens is 1150 g/mol. The van der Waals surface area contributed by atoms with Crippen molar-refractivity contribution < 1.29 is 58.4 Å². The number of hydrogen-bond donors (Lipinski definition) is 4. The summed E-state index contributed by atoms with van der Waals surface area (Å²) in [4.78, 5) is 52.5. The number of carbonyl (C=O) groups excluding carboxylic acids is 4. The second-order valence-electron chi connectivity index (χ2n) is 22.5. The predicted octanol–water partition coefficient (Wildman–Crippen LogP) is 13.0. The Kier molecular flexibility index (Phi) is 18.5. The van der Waals surface area contributed by atoms with Gasteiger partial charge in [0.1, 0.15) is 45.8 Å². The van der Waals surface area contributed by atoms with Crippen LogP contribution >= 0.6 is 0 Å². The first kappa shape index (κ1) is 63.7. The highest BCUT2D eigenvalue weighted by atomic mass is 32.2. The number of halogens is 2. The molecule has 0 atom stereocenters. The molecule has 21 heteroatoms. The van der Waals surface area contributed by atoms with Gasteiger partial charge < -0.3 is 34.8 Å². The molecule has 2 aromatic heterocycles. The summed E-state index contributed by atoms with van der Waals surface area (Å²) in [7, 11) is -4.44. The number of benzene rings is 7. The first-order chi connectivity index (χ1) is 40.9. The molecule has 2 heterocycles. The van der Waals surface area contributed by atoms with Crippen molar-refractivity contribution in [2.75, 3.05) is 48.3 Å². The molecule has 0 bridgehead atoms. The highest BCUT2D eigenvalue weighted by Crippen LogP contribution is 2.44. The largest absolute Gasteiger partial charge is 0.457 e. The molecule has 9 aromatic rings. The van der Waals surface area contributed by atoms with Gasteiger partial charge in [0.15, 0.2) is 0 Å². The molecular formula is C66H68F2N6O11S2. The molecule has 454 valence electrons. The van der Waals surface area contributed by atoms with Crippen molar-refractivity contribution >= 4 is 77.0 Å². The van der Waals surface area contributed by atoms with E-state index in [0.717, 1.165) is 12.5 Å². The second kappa shape index (κ2) is 25.3. The summed E-state index contributed by atoms with van der Waals surface area (Å²) < 4.78 is 99.6. The zero-order valence-electron chi connectivity index (χ0n) is 50.2. The average Bonchev–Trinajstić information content (AvgIpc) is 1.72. The molecule has 0 aliphatic heterocycles. The van der Waals surface area contributed by atoms with Gasteiger partial charge in [-0.15, -0.1) is 0 Å². The van der Waals surface area contributed by atoms with Crippen LogP contribution in [0.2, 0.25) is 0 Å². The molecule has 4 amide bonds. The lowest BCUT2D eigenvalue weighted by molar-refractivity contribution is 0.0910. The molecule has 7 aromatic carbocycles. The van der Waals surface area contributed by atoms with Gasteiger partial charge in [-0.05, 0) is 164 Å². The van der Waals surface area contributed by atoms with E-state index in [-0.39, 0.29) is 53.1 Å². The molecule has 0 radical (unpaired) electrons. The van der Waals surface area contributed by atoms with Crippen LogP contribution in [0, 0.1) is 11.6 Å². The Hall–Kier alpha value is -9.34. The van der Waals surface area contributed by atoms with E-state index in [1.54, 1.807) is 123 Å². The highest BCUT2D eigenvalue weighted by molar-refractivity contribution is 7.92. The fraction of sp³-hybridized carbons (Fsp3) is 0.242. The summed E-state index contributed by atoms with van der Waals surface area (Å²) in [6, 6.07) is 38.5. The Balaban J connectivity index is 0.000000229. The average molecular weight is 1220 g/mol. The lowest BCUT2D eigenvalue weighted by Gasteiger charge is -2.24. The Labute approximate surface area is 504 Å². The molecule has 9 rings (SSSR count). The maximum atomic E-state index is 13.6. The van der Waals surface area contributed by atoms with E-state index in [0.29, 0.717) is 83.7 Å². The van der Waals surface area contributed by atoms with E-state index in [1.807, 2.05) is 41.5 Å². The van der Waals surface area contributed by atoms with Gasteiger partial charge in [0.25, 0.3) is 23.6 Å². The SMILES string of the molecule is CCN(c1cc2oc(-c3ccc(F)cc3)c(C(=O)NC)c2cc1-c1cccc(C(=O)NC(C)(C)C)c1)S(C)(=O)=O.CCN(c1cc2oc(-c3ccc(Oc4cccc(F)c4)cc3)c(C(=O)NC)c2cc1-c1cccc(C(=O)NC(C)(C)C)c1)S(C)(=O)=O. The summed E-state index contributed by atoms with van der Waals surface area (Å²) in [5, 5.41) is 12.1. The predicted molar refractivity (Wildman–Crippen MR) is 338 cm³/mol. The summed E-state index contributed by atoms with van der Waals surface area (Å²) >= 11 is 0. The third-order valence-electron chi connectivity index (χ3n) is 13.5. The number of hydrogen-bond acceptors (Lipinski definition) is 11. The van der Waals surface area contributed by atoms with E-state index in [9.17, 15) is 44.8 Å². The third-order valence-corrected chi connectivity index (χ3v) is 16.0. The van der Waals surface area contributed by atoms with Crippen molar-refractivity contribution in [1.29, 1.82) is 0 Å². The van der Waals surface area contributed by atoms with Crippen molar-refractivity contribution in [3.8, 4) is 56.4 Å². The van der Waals surface area contributed by atoms with Gasteiger partial charge in [-0.1, -0.05) is 30.3 Å². The number of sulfonamides is 2. The number of fused-ring (bicyclic) bond motifs is 2. The third kappa shape index (κ3) is 14.7. The second-order valence-corrected chi connectivity index (χ2v) is 26.3. The molecule has 0 fully saturated rings.